The maximum atomic E-state index is 10.5. The number of fused-ring (bicyclic) bond motifs is 1. The first-order valence-electron chi connectivity index (χ1n) is 5.08. The van der Waals surface area contributed by atoms with E-state index in [9.17, 15) is 9.90 Å². The summed E-state index contributed by atoms with van der Waals surface area (Å²) in [4.78, 5) is 14.2. The number of isocyanates is 1. The van der Waals surface area contributed by atoms with Gasteiger partial charge in [-0.25, -0.2) is 4.79 Å². The van der Waals surface area contributed by atoms with Crippen molar-refractivity contribution in [2.75, 3.05) is 6.79 Å². The molecule has 0 bridgehead atoms. The molecule has 6 heteroatoms. The summed E-state index contributed by atoms with van der Waals surface area (Å²) in [5, 5.41) is 10.2. The molecule has 1 aromatic carbocycles. The monoisotopic (exact) mass is 253 g/mol. The van der Waals surface area contributed by atoms with Crippen molar-refractivity contribution >= 4 is 17.7 Å². The quantitative estimate of drug-likeness (QED) is 0.647. The van der Waals surface area contributed by atoms with E-state index in [0.717, 1.165) is 0 Å². The van der Waals surface area contributed by atoms with Gasteiger partial charge in [-0.05, 0) is 12.8 Å². The van der Waals surface area contributed by atoms with E-state index < -0.39 is 5.54 Å². The zero-order valence-electron chi connectivity index (χ0n) is 8.70. The van der Waals surface area contributed by atoms with E-state index in [0.29, 0.717) is 29.9 Å². The zero-order valence-corrected chi connectivity index (χ0v) is 9.45. The fourth-order valence-electron chi connectivity index (χ4n) is 2.06. The Hall–Kier alpha value is -1.71. The average molecular weight is 254 g/mol. The van der Waals surface area contributed by atoms with Crippen LogP contribution in [0.1, 0.15) is 18.4 Å². The van der Waals surface area contributed by atoms with Crippen LogP contribution in [0.2, 0.25) is 5.02 Å². The van der Waals surface area contributed by atoms with Crippen molar-refractivity contribution < 1.29 is 19.4 Å². The van der Waals surface area contributed by atoms with Gasteiger partial charge in [0.05, 0.1) is 10.6 Å². The molecule has 1 N–H and O–H groups in total. The molecule has 1 heterocycles. The Bertz CT molecular complexity index is 547. The van der Waals surface area contributed by atoms with Crippen LogP contribution in [-0.2, 0) is 10.3 Å². The fraction of sp³-hybridized carbons (Fsp3) is 0.364. The van der Waals surface area contributed by atoms with Crippen LogP contribution in [0, 0.1) is 0 Å². The van der Waals surface area contributed by atoms with Gasteiger partial charge in [0.1, 0.15) is 11.3 Å². The topological polar surface area (TPSA) is 68.1 Å². The van der Waals surface area contributed by atoms with Crippen molar-refractivity contribution in [1.29, 1.82) is 0 Å². The minimum atomic E-state index is -0.742. The van der Waals surface area contributed by atoms with Crippen molar-refractivity contribution in [3.05, 3.63) is 16.7 Å². The van der Waals surface area contributed by atoms with Crippen LogP contribution in [0.5, 0.6) is 17.2 Å². The lowest BCUT2D eigenvalue weighted by Crippen LogP contribution is -2.05. The number of benzene rings is 1. The summed E-state index contributed by atoms with van der Waals surface area (Å²) >= 11 is 5.91. The van der Waals surface area contributed by atoms with Crippen molar-refractivity contribution in [3.8, 4) is 17.2 Å². The van der Waals surface area contributed by atoms with Gasteiger partial charge in [0.2, 0.25) is 12.9 Å². The van der Waals surface area contributed by atoms with Crippen LogP contribution in [0.3, 0.4) is 0 Å². The second kappa shape index (κ2) is 3.39. The van der Waals surface area contributed by atoms with Gasteiger partial charge in [-0.2, -0.15) is 4.99 Å². The van der Waals surface area contributed by atoms with Crippen LogP contribution < -0.4 is 9.47 Å². The van der Waals surface area contributed by atoms with Gasteiger partial charge in [0, 0.05) is 6.07 Å². The molecule has 17 heavy (non-hydrogen) atoms. The highest BCUT2D eigenvalue weighted by Crippen LogP contribution is 2.59. The Kier molecular flexibility index (Phi) is 2.08. The number of aromatic hydroxyl groups is 1. The van der Waals surface area contributed by atoms with Gasteiger partial charge in [0.15, 0.2) is 11.5 Å². The van der Waals surface area contributed by atoms with Gasteiger partial charge >= 0.3 is 0 Å². The molecule has 1 aliphatic carbocycles. The predicted octanol–water partition coefficient (Wildman–Crippen LogP) is 2.10. The van der Waals surface area contributed by atoms with E-state index in [2.05, 4.69) is 4.99 Å². The Morgan fingerprint density at radius 2 is 2.24 bits per heavy atom. The number of nitrogens with zero attached hydrogens (tertiary/aromatic N) is 1. The van der Waals surface area contributed by atoms with Crippen molar-refractivity contribution in [1.82, 2.24) is 0 Å². The number of hydrogen-bond acceptors (Lipinski definition) is 5. The Morgan fingerprint density at radius 3 is 2.88 bits per heavy atom. The first-order valence-corrected chi connectivity index (χ1v) is 5.46. The first kappa shape index (κ1) is 10.4. The van der Waals surface area contributed by atoms with Gasteiger partial charge in [0.25, 0.3) is 0 Å². The Labute approximate surface area is 102 Å². The molecule has 0 unspecified atom stereocenters. The molecule has 1 aliphatic heterocycles. The fourth-order valence-corrected chi connectivity index (χ4v) is 2.25. The van der Waals surface area contributed by atoms with E-state index in [1.165, 1.54) is 12.1 Å². The maximum Gasteiger partial charge on any atom is 0.235 e. The number of ether oxygens (including phenoxy) is 2. The van der Waals surface area contributed by atoms with Gasteiger partial charge < -0.3 is 14.6 Å². The SMILES string of the molecule is O=C=NC1(c2c(O)c(Cl)cc3c2OCO3)CC1. The number of rotatable bonds is 2. The van der Waals surface area contributed by atoms with E-state index in [1.54, 1.807) is 0 Å². The normalized spacial score (nSPS) is 18.6. The number of phenols is 1. The molecule has 0 radical (unpaired) electrons. The number of aliphatic imine (C=N–C) groups is 1. The summed E-state index contributed by atoms with van der Waals surface area (Å²) in [5.74, 6) is 0.783. The highest BCUT2D eigenvalue weighted by molar-refractivity contribution is 6.32. The highest BCUT2D eigenvalue weighted by atomic mass is 35.5. The smallest absolute Gasteiger partial charge is 0.235 e. The third-order valence-electron chi connectivity index (χ3n) is 3.04. The molecule has 0 atom stereocenters. The van der Waals surface area contributed by atoms with E-state index in [4.69, 9.17) is 21.1 Å². The summed E-state index contributed by atoms with van der Waals surface area (Å²) in [6.45, 7) is 0.0724. The summed E-state index contributed by atoms with van der Waals surface area (Å²) in [7, 11) is 0. The lowest BCUT2D eigenvalue weighted by Gasteiger charge is -2.14. The second-order valence-electron chi connectivity index (χ2n) is 4.05. The lowest BCUT2D eigenvalue weighted by molar-refractivity contribution is 0.172. The number of carbonyl (C=O) groups excluding carboxylic acids is 1. The summed E-state index contributed by atoms with van der Waals surface area (Å²) in [6, 6.07) is 1.49. The van der Waals surface area contributed by atoms with E-state index in [1.807, 2.05) is 0 Å². The van der Waals surface area contributed by atoms with Crippen LogP contribution in [-0.4, -0.2) is 18.0 Å². The molecule has 1 saturated carbocycles. The van der Waals surface area contributed by atoms with Crippen molar-refractivity contribution in [3.63, 3.8) is 0 Å². The zero-order chi connectivity index (χ0) is 12.0. The molecule has 0 amide bonds. The lowest BCUT2D eigenvalue weighted by atomic mass is 10.0. The largest absolute Gasteiger partial charge is 0.506 e. The van der Waals surface area contributed by atoms with Gasteiger partial charge in [-0.15, -0.1) is 0 Å². The second-order valence-corrected chi connectivity index (χ2v) is 4.46. The maximum absolute atomic E-state index is 10.5. The molecule has 88 valence electrons. The number of hydrogen-bond donors (Lipinski definition) is 1. The van der Waals surface area contributed by atoms with Crippen molar-refractivity contribution in [2.24, 2.45) is 4.99 Å². The number of phenolic OH excluding ortho intramolecular Hbond substituents is 1. The summed E-state index contributed by atoms with van der Waals surface area (Å²) < 4.78 is 10.5. The summed E-state index contributed by atoms with van der Waals surface area (Å²) in [5.41, 5.74) is -0.310. The predicted molar refractivity (Wildman–Crippen MR) is 58.3 cm³/mol. The third-order valence-corrected chi connectivity index (χ3v) is 3.33. The standard InChI is InChI=1S/C11H8ClNO4/c12-6-3-7-10(17-5-16-7)8(9(6)15)11(1-2-11)13-4-14/h3,15H,1-2,5H2. The third kappa shape index (κ3) is 1.40. The first-order chi connectivity index (χ1) is 8.18. The molecular weight excluding hydrogens is 246 g/mol. The minimum Gasteiger partial charge on any atom is -0.506 e. The molecule has 0 aromatic heterocycles. The minimum absolute atomic E-state index is 0.0724. The molecule has 0 spiro atoms. The Balaban J connectivity index is 2.25. The van der Waals surface area contributed by atoms with E-state index in [-0.39, 0.29) is 17.6 Å². The van der Waals surface area contributed by atoms with Crippen LogP contribution >= 0.6 is 11.6 Å². The number of halogens is 1. The van der Waals surface area contributed by atoms with E-state index >= 15 is 0 Å². The molecular formula is C11H8ClNO4. The summed E-state index contributed by atoms with van der Waals surface area (Å²) in [6.07, 6.45) is 2.85. The molecule has 1 aromatic rings. The molecule has 0 saturated heterocycles. The Morgan fingerprint density at radius 1 is 1.47 bits per heavy atom. The highest BCUT2D eigenvalue weighted by Gasteiger charge is 2.50. The molecule has 1 fully saturated rings. The molecule has 2 aliphatic rings. The molecule has 3 rings (SSSR count). The van der Waals surface area contributed by atoms with Crippen LogP contribution in [0.25, 0.3) is 0 Å². The van der Waals surface area contributed by atoms with Gasteiger partial charge in [-0.3, -0.25) is 0 Å². The van der Waals surface area contributed by atoms with Crippen LogP contribution in [0.4, 0.5) is 0 Å². The van der Waals surface area contributed by atoms with Crippen LogP contribution in [0.15, 0.2) is 11.1 Å². The van der Waals surface area contributed by atoms with Crippen molar-refractivity contribution in [2.45, 2.75) is 18.4 Å². The van der Waals surface area contributed by atoms with Gasteiger partial charge in [-0.1, -0.05) is 11.6 Å². The average Bonchev–Trinajstić information content (AvgIpc) is 2.91. The molecule has 5 nitrogen and oxygen atoms in total.